The summed E-state index contributed by atoms with van der Waals surface area (Å²) in [6.07, 6.45) is 61.8. The molecule has 0 aliphatic carbocycles. The van der Waals surface area contributed by atoms with Crippen LogP contribution in [0, 0.1) is 0 Å². The van der Waals surface area contributed by atoms with Gasteiger partial charge in [-0.15, -0.1) is 0 Å². The number of carbonyl (C=O) groups is 3. The molecule has 0 aromatic carbocycles. The molecule has 0 heterocycles. The highest BCUT2D eigenvalue weighted by Gasteiger charge is 2.19. The van der Waals surface area contributed by atoms with E-state index in [1.807, 2.05) is 60.8 Å². The molecule has 0 aliphatic heterocycles. The minimum atomic E-state index is -0.821. The van der Waals surface area contributed by atoms with Gasteiger partial charge in [0, 0.05) is 19.3 Å². The first-order chi connectivity index (χ1) is 28.5. The Morgan fingerprint density at radius 2 is 0.759 bits per heavy atom. The normalized spacial score (nSPS) is 13.2. The van der Waals surface area contributed by atoms with E-state index in [1.54, 1.807) is 0 Å². The molecule has 0 saturated carbocycles. The Balaban J connectivity index is 4.56. The largest absolute Gasteiger partial charge is 0.462 e. The molecule has 0 aliphatic rings. The van der Waals surface area contributed by atoms with Gasteiger partial charge in [0.05, 0.1) is 0 Å². The zero-order valence-corrected chi connectivity index (χ0v) is 36.8. The second-order valence-electron chi connectivity index (χ2n) is 14.3. The van der Waals surface area contributed by atoms with Crippen LogP contribution in [0.1, 0.15) is 168 Å². The summed E-state index contributed by atoms with van der Waals surface area (Å²) in [5.41, 5.74) is 0. The molecule has 0 amide bonds. The van der Waals surface area contributed by atoms with Gasteiger partial charge in [-0.2, -0.15) is 0 Å². The lowest BCUT2D eigenvalue weighted by Gasteiger charge is -2.18. The van der Waals surface area contributed by atoms with E-state index < -0.39 is 6.10 Å². The first-order valence-electron chi connectivity index (χ1n) is 22.6. The van der Waals surface area contributed by atoms with Gasteiger partial charge in [-0.3, -0.25) is 14.4 Å². The quantitative estimate of drug-likeness (QED) is 0.0203. The number of esters is 3. The fraction of sp³-hybridized carbons (Fsp3) is 0.558. The summed E-state index contributed by atoms with van der Waals surface area (Å²) in [6, 6.07) is 0. The summed E-state index contributed by atoms with van der Waals surface area (Å²) < 4.78 is 16.6. The summed E-state index contributed by atoms with van der Waals surface area (Å²) in [5, 5.41) is 0. The van der Waals surface area contributed by atoms with Gasteiger partial charge in [-0.05, 0) is 89.9 Å². The Kier molecular flexibility index (Phi) is 42.2. The van der Waals surface area contributed by atoms with Crippen LogP contribution in [-0.2, 0) is 28.6 Å². The van der Waals surface area contributed by atoms with Crippen molar-refractivity contribution >= 4 is 17.9 Å². The predicted molar refractivity (Wildman–Crippen MR) is 246 cm³/mol. The van der Waals surface area contributed by atoms with E-state index in [1.165, 1.54) is 25.7 Å². The summed E-state index contributed by atoms with van der Waals surface area (Å²) in [6.45, 7) is 6.22. The predicted octanol–water partition coefficient (Wildman–Crippen LogP) is 14.6. The number of hydrogen-bond donors (Lipinski definition) is 0. The molecule has 1 atom stereocenters. The molecule has 58 heavy (non-hydrogen) atoms. The van der Waals surface area contributed by atoms with Crippen LogP contribution in [0.5, 0.6) is 0 Å². The third-order valence-electron chi connectivity index (χ3n) is 8.84. The summed E-state index contributed by atoms with van der Waals surface area (Å²) >= 11 is 0. The van der Waals surface area contributed by atoms with Gasteiger partial charge in [0.25, 0.3) is 0 Å². The fourth-order valence-electron chi connectivity index (χ4n) is 5.47. The van der Waals surface area contributed by atoms with Gasteiger partial charge in [0.1, 0.15) is 13.2 Å². The SMILES string of the molecule is CC\C=C/C=C\C=C/C=C\C=C\C=C/CCCCCC(=O)OCC(COC(=O)CCCCCCC/C=C\CCCC)OC(=O)CCCC/C=C\C/C=C\C/C=C\CC. The van der Waals surface area contributed by atoms with Crippen molar-refractivity contribution in [2.45, 2.75) is 175 Å². The van der Waals surface area contributed by atoms with Crippen molar-refractivity contribution in [2.75, 3.05) is 13.2 Å². The maximum Gasteiger partial charge on any atom is 0.306 e. The molecule has 0 radical (unpaired) electrons. The van der Waals surface area contributed by atoms with Crippen LogP contribution in [0.2, 0.25) is 0 Å². The van der Waals surface area contributed by atoms with Gasteiger partial charge < -0.3 is 14.2 Å². The molecule has 0 aromatic heterocycles. The monoisotopic (exact) mass is 801 g/mol. The minimum Gasteiger partial charge on any atom is -0.462 e. The maximum atomic E-state index is 12.7. The van der Waals surface area contributed by atoms with Crippen molar-refractivity contribution in [1.82, 2.24) is 0 Å². The van der Waals surface area contributed by atoms with E-state index in [0.29, 0.717) is 19.3 Å². The summed E-state index contributed by atoms with van der Waals surface area (Å²) in [5.74, 6) is -1.03. The Morgan fingerprint density at radius 3 is 1.33 bits per heavy atom. The van der Waals surface area contributed by atoms with Crippen LogP contribution in [0.4, 0.5) is 0 Å². The molecule has 0 bridgehead atoms. The Labute approximate surface area is 354 Å². The topological polar surface area (TPSA) is 78.9 Å². The maximum absolute atomic E-state index is 12.7. The van der Waals surface area contributed by atoms with Crippen molar-refractivity contribution in [3.05, 3.63) is 122 Å². The number of carbonyl (C=O) groups excluding carboxylic acids is 3. The third kappa shape index (κ3) is 42.9. The second-order valence-corrected chi connectivity index (χ2v) is 14.3. The third-order valence-corrected chi connectivity index (χ3v) is 8.84. The number of unbranched alkanes of at least 4 members (excludes halogenated alkanes) is 12. The summed E-state index contributed by atoms with van der Waals surface area (Å²) in [7, 11) is 0. The van der Waals surface area contributed by atoms with Crippen LogP contribution in [-0.4, -0.2) is 37.2 Å². The first kappa shape index (κ1) is 53.8. The second kappa shape index (κ2) is 45.5. The standard InChI is InChI=1S/C52H80O6/c1-4-7-10-13-16-19-22-24-25-26-27-28-31-33-36-39-42-45-51(54)57-48-49(47-56-50(53)44-41-38-35-32-29-21-18-15-12-9-6-3)58-52(55)46-43-40-37-34-30-23-20-17-14-11-8-5-2/h7-8,10-11,13,15-20,22,24-28,30-31,34,49H,4-6,9,12,14,21,23,29,32-33,35-48H2,1-3H3/b10-7-,11-8-,16-13-,18-15-,20-17-,22-19-,25-24-,27-26+,31-28-,34-30-. The van der Waals surface area contributed by atoms with Crippen molar-refractivity contribution in [3.63, 3.8) is 0 Å². The van der Waals surface area contributed by atoms with Crippen LogP contribution in [0.25, 0.3) is 0 Å². The molecule has 1 unspecified atom stereocenters. The van der Waals surface area contributed by atoms with Gasteiger partial charge in [-0.25, -0.2) is 0 Å². The lowest BCUT2D eigenvalue weighted by Crippen LogP contribution is -2.30. The van der Waals surface area contributed by atoms with Crippen molar-refractivity contribution in [1.29, 1.82) is 0 Å². The highest BCUT2D eigenvalue weighted by atomic mass is 16.6. The molecule has 0 fully saturated rings. The molecule has 324 valence electrons. The van der Waals surface area contributed by atoms with Gasteiger partial charge in [0.15, 0.2) is 6.10 Å². The van der Waals surface area contributed by atoms with Crippen molar-refractivity contribution < 1.29 is 28.6 Å². The minimum absolute atomic E-state index is 0.117. The summed E-state index contributed by atoms with van der Waals surface area (Å²) in [4.78, 5) is 37.7. The zero-order valence-electron chi connectivity index (χ0n) is 36.8. The molecule has 0 rings (SSSR count). The van der Waals surface area contributed by atoms with E-state index in [9.17, 15) is 14.4 Å². The van der Waals surface area contributed by atoms with Gasteiger partial charge in [-0.1, -0.05) is 181 Å². The molecular weight excluding hydrogens is 721 g/mol. The smallest absolute Gasteiger partial charge is 0.306 e. The fourth-order valence-corrected chi connectivity index (χ4v) is 5.47. The van der Waals surface area contributed by atoms with Crippen LogP contribution >= 0.6 is 0 Å². The number of allylic oxidation sites excluding steroid dienone is 20. The van der Waals surface area contributed by atoms with E-state index in [2.05, 4.69) is 81.5 Å². The Hall–Kier alpha value is -4.19. The van der Waals surface area contributed by atoms with Crippen LogP contribution < -0.4 is 0 Å². The highest BCUT2D eigenvalue weighted by Crippen LogP contribution is 2.11. The van der Waals surface area contributed by atoms with E-state index in [-0.39, 0.29) is 37.5 Å². The number of ether oxygens (including phenoxy) is 3. The van der Waals surface area contributed by atoms with Gasteiger partial charge in [0.2, 0.25) is 0 Å². The van der Waals surface area contributed by atoms with Crippen molar-refractivity contribution in [2.24, 2.45) is 0 Å². The van der Waals surface area contributed by atoms with Crippen LogP contribution in [0.3, 0.4) is 0 Å². The molecule has 0 spiro atoms. The average Bonchev–Trinajstić information content (AvgIpc) is 3.22. The molecule has 0 aromatic rings. The van der Waals surface area contributed by atoms with E-state index >= 15 is 0 Å². The Bertz CT molecular complexity index is 1290. The zero-order chi connectivity index (χ0) is 42.3. The number of hydrogen-bond acceptors (Lipinski definition) is 6. The molecular formula is C52H80O6. The molecule has 6 heteroatoms. The van der Waals surface area contributed by atoms with E-state index in [0.717, 1.165) is 96.3 Å². The van der Waals surface area contributed by atoms with Gasteiger partial charge >= 0.3 is 17.9 Å². The molecule has 0 saturated heterocycles. The Morgan fingerprint density at radius 1 is 0.379 bits per heavy atom. The van der Waals surface area contributed by atoms with E-state index in [4.69, 9.17) is 14.2 Å². The first-order valence-corrected chi connectivity index (χ1v) is 22.6. The lowest BCUT2D eigenvalue weighted by molar-refractivity contribution is -0.167. The highest BCUT2D eigenvalue weighted by molar-refractivity contribution is 5.71. The average molecular weight is 801 g/mol. The number of rotatable bonds is 38. The molecule has 0 N–H and O–H groups in total. The van der Waals surface area contributed by atoms with Crippen LogP contribution in [0.15, 0.2) is 122 Å². The van der Waals surface area contributed by atoms with Crippen molar-refractivity contribution in [3.8, 4) is 0 Å². The molecule has 6 nitrogen and oxygen atoms in total. The lowest BCUT2D eigenvalue weighted by atomic mass is 10.1.